The molecule has 0 aliphatic heterocycles. The van der Waals surface area contributed by atoms with Gasteiger partial charge in [-0.25, -0.2) is 4.79 Å². The van der Waals surface area contributed by atoms with E-state index in [0.717, 1.165) is 5.56 Å². The zero-order valence-corrected chi connectivity index (χ0v) is 18.2. The van der Waals surface area contributed by atoms with Gasteiger partial charge in [0, 0.05) is 18.7 Å². The number of rotatable bonds is 8. The number of nitrogens with one attached hydrogen (secondary N) is 1. The predicted molar refractivity (Wildman–Crippen MR) is 117 cm³/mol. The number of thiophene rings is 1. The topological polar surface area (TPSA) is 91.6 Å². The molecular weight excluding hydrogens is 406 g/mol. The summed E-state index contributed by atoms with van der Waals surface area (Å²) in [5, 5.41) is 4.56. The second-order valence-electron chi connectivity index (χ2n) is 7.24. The highest BCUT2D eigenvalue weighted by atomic mass is 32.1. The molecule has 9 heteroatoms. The lowest BCUT2D eigenvalue weighted by molar-refractivity contribution is -0.121. The molecule has 8 nitrogen and oxygen atoms in total. The standard InChI is InChI=1S/C21H25N3O5S/c1-13(2)11-24-20(26)19-15(8-9-30-19)23(21(24)27)12-17(25)22-10-14-6-5-7-16(28-3)18(14)29-4/h5-9,13H,10-12H2,1-4H3,(H,22,25). The maximum atomic E-state index is 12.9. The van der Waals surface area contributed by atoms with E-state index in [4.69, 9.17) is 9.47 Å². The molecule has 0 radical (unpaired) electrons. The zero-order valence-electron chi connectivity index (χ0n) is 17.4. The molecule has 1 N–H and O–H groups in total. The number of benzene rings is 1. The van der Waals surface area contributed by atoms with Crippen molar-refractivity contribution < 1.29 is 14.3 Å². The van der Waals surface area contributed by atoms with Gasteiger partial charge in [0.1, 0.15) is 11.2 Å². The van der Waals surface area contributed by atoms with Crippen molar-refractivity contribution in [3.8, 4) is 11.5 Å². The fraction of sp³-hybridized carbons (Fsp3) is 0.381. The van der Waals surface area contributed by atoms with Crippen molar-refractivity contribution in [3.05, 3.63) is 56.0 Å². The van der Waals surface area contributed by atoms with Gasteiger partial charge in [-0.15, -0.1) is 11.3 Å². The molecule has 0 saturated carbocycles. The quantitative estimate of drug-likeness (QED) is 0.591. The number of hydrogen-bond acceptors (Lipinski definition) is 6. The van der Waals surface area contributed by atoms with Gasteiger partial charge in [0.15, 0.2) is 11.5 Å². The SMILES string of the molecule is COc1cccc(CNC(=O)Cn2c(=O)n(CC(C)C)c(=O)c3sccc32)c1OC. The third kappa shape index (κ3) is 4.25. The molecule has 0 spiro atoms. The normalized spacial score (nSPS) is 11.1. The van der Waals surface area contributed by atoms with Crippen LogP contribution in [-0.4, -0.2) is 29.3 Å². The maximum Gasteiger partial charge on any atom is 0.332 e. The molecule has 1 amide bonds. The summed E-state index contributed by atoms with van der Waals surface area (Å²) in [4.78, 5) is 38.3. The third-order valence-corrected chi connectivity index (χ3v) is 5.54. The highest BCUT2D eigenvalue weighted by molar-refractivity contribution is 7.17. The summed E-state index contributed by atoms with van der Waals surface area (Å²) in [6.07, 6.45) is 0. The molecule has 0 aliphatic rings. The van der Waals surface area contributed by atoms with Gasteiger partial charge in [-0.2, -0.15) is 0 Å². The van der Waals surface area contributed by atoms with Crippen molar-refractivity contribution in [2.75, 3.05) is 14.2 Å². The fourth-order valence-electron chi connectivity index (χ4n) is 3.30. The van der Waals surface area contributed by atoms with Gasteiger partial charge in [0.25, 0.3) is 5.56 Å². The molecule has 0 unspecified atom stereocenters. The van der Waals surface area contributed by atoms with Crippen molar-refractivity contribution in [3.63, 3.8) is 0 Å². The highest BCUT2D eigenvalue weighted by Gasteiger charge is 2.17. The monoisotopic (exact) mass is 431 g/mol. The number of aromatic nitrogens is 2. The molecule has 0 bridgehead atoms. The van der Waals surface area contributed by atoms with Crippen molar-refractivity contribution >= 4 is 27.5 Å². The Morgan fingerprint density at radius 1 is 1.13 bits per heavy atom. The predicted octanol–water partition coefficient (Wildman–Crippen LogP) is 2.21. The van der Waals surface area contributed by atoms with E-state index in [1.807, 2.05) is 26.0 Å². The minimum atomic E-state index is -0.478. The molecule has 0 atom stereocenters. The van der Waals surface area contributed by atoms with Crippen LogP contribution in [0.1, 0.15) is 19.4 Å². The molecule has 1 aromatic carbocycles. The van der Waals surface area contributed by atoms with Crippen LogP contribution in [0.25, 0.3) is 10.2 Å². The molecule has 160 valence electrons. The average molecular weight is 432 g/mol. The Morgan fingerprint density at radius 2 is 1.90 bits per heavy atom. The Labute approximate surface area is 177 Å². The Kier molecular flexibility index (Phi) is 6.61. The van der Waals surface area contributed by atoms with Gasteiger partial charge in [-0.1, -0.05) is 26.0 Å². The van der Waals surface area contributed by atoms with E-state index in [1.54, 1.807) is 24.6 Å². The van der Waals surface area contributed by atoms with E-state index >= 15 is 0 Å². The molecule has 2 aromatic heterocycles. The molecule has 0 fully saturated rings. The van der Waals surface area contributed by atoms with E-state index in [1.165, 1.54) is 27.6 Å². The van der Waals surface area contributed by atoms with Crippen LogP contribution in [0.15, 0.2) is 39.2 Å². The summed E-state index contributed by atoms with van der Waals surface area (Å²) in [5.41, 5.74) is 0.442. The molecule has 30 heavy (non-hydrogen) atoms. The number of methoxy groups -OCH3 is 2. The highest BCUT2D eigenvalue weighted by Crippen LogP contribution is 2.30. The second-order valence-corrected chi connectivity index (χ2v) is 8.16. The summed E-state index contributed by atoms with van der Waals surface area (Å²) in [6, 6.07) is 7.10. The zero-order chi connectivity index (χ0) is 21.8. The van der Waals surface area contributed by atoms with Gasteiger partial charge in [-0.05, 0) is 23.4 Å². The van der Waals surface area contributed by atoms with Gasteiger partial charge in [0.2, 0.25) is 5.91 Å². The minimum Gasteiger partial charge on any atom is -0.493 e. The van der Waals surface area contributed by atoms with Crippen LogP contribution in [-0.2, 0) is 24.4 Å². The van der Waals surface area contributed by atoms with Crippen molar-refractivity contribution in [1.82, 2.24) is 14.5 Å². The van der Waals surface area contributed by atoms with Gasteiger partial charge >= 0.3 is 5.69 Å². The first-order valence-corrected chi connectivity index (χ1v) is 10.4. The largest absolute Gasteiger partial charge is 0.493 e. The summed E-state index contributed by atoms with van der Waals surface area (Å²) < 4.78 is 13.7. The van der Waals surface area contributed by atoms with E-state index in [0.29, 0.717) is 28.3 Å². The molecule has 3 aromatic rings. The second kappa shape index (κ2) is 9.17. The number of para-hydroxylation sites is 1. The van der Waals surface area contributed by atoms with Gasteiger partial charge in [-0.3, -0.25) is 18.7 Å². The van der Waals surface area contributed by atoms with E-state index in [-0.39, 0.29) is 30.5 Å². The van der Waals surface area contributed by atoms with Crippen molar-refractivity contribution in [2.45, 2.75) is 33.5 Å². The van der Waals surface area contributed by atoms with Crippen molar-refractivity contribution in [2.24, 2.45) is 5.92 Å². The summed E-state index contributed by atoms with van der Waals surface area (Å²) in [6.45, 7) is 4.20. The van der Waals surface area contributed by atoms with Crippen LogP contribution < -0.4 is 26.0 Å². The van der Waals surface area contributed by atoms with Crippen LogP contribution in [0.3, 0.4) is 0 Å². The lowest BCUT2D eigenvalue weighted by Gasteiger charge is -2.15. The number of carbonyl (C=O) groups excluding carboxylic acids is 1. The van der Waals surface area contributed by atoms with Crippen LogP contribution in [0.4, 0.5) is 0 Å². The summed E-state index contributed by atoms with van der Waals surface area (Å²) in [7, 11) is 3.08. The number of amides is 1. The van der Waals surface area contributed by atoms with Crippen LogP contribution in [0.2, 0.25) is 0 Å². The molecule has 0 aliphatic carbocycles. The minimum absolute atomic E-state index is 0.121. The summed E-state index contributed by atoms with van der Waals surface area (Å²) >= 11 is 1.27. The van der Waals surface area contributed by atoms with Crippen LogP contribution in [0.5, 0.6) is 11.5 Å². The van der Waals surface area contributed by atoms with E-state index in [9.17, 15) is 14.4 Å². The van der Waals surface area contributed by atoms with Crippen molar-refractivity contribution in [1.29, 1.82) is 0 Å². The van der Waals surface area contributed by atoms with E-state index in [2.05, 4.69) is 5.32 Å². The van der Waals surface area contributed by atoms with E-state index < -0.39 is 5.69 Å². The number of nitrogens with zero attached hydrogens (tertiary/aromatic N) is 2. The Hall–Kier alpha value is -3.07. The number of carbonyl (C=O) groups is 1. The van der Waals surface area contributed by atoms with Crippen LogP contribution in [0, 0.1) is 5.92 Å². The number of ether oxygens (including phenoxy) is 2. The smallest absolute Gasteiger partial charge is 0.332 e. The van der Waals surface area contributed by atoms with Gasteiger partial charge in [0.05, 0.1) is 19.7 Å². The molecule has 3 rings (SSSR count). The van der Waals surface area contributed by atoms with Crippen LogP contribution >= 0.6 is 11.3 Å². The number of hydrogen-bond donors (Lipinski definition) is 1. The lowest BCUT2D eigenvalue weighted by atomic mass is 10.2. The Balaban J connectivity index is 1.87. The first-order valence-electron chi connectivity index (χ1n) is 9.54. The average Bonchev–Trinajstić information content (AvgIpc) is 3.22. The maximum absolute atomic E-state index is 12.9. The first kappa shape index (κ1) is 21.6. The molecule has 2 heterocycles. The summed E-state index contributed by atoms with van der Waals surface area (Å²) in [5.74, 6) is 0.893. The third-order valence-electron chi connectivity index (χ3n) is 4.65. The Morgan fingerprint density at radius 3 is 2.57 bits per heavy atom. The molecule has 0 saturated heterocycles. The molecular formula is C21H25N3O5S. The lowest BCUT2D eigenvalue weighted by Crippen LogP contribution is -2.42. The first-order chi connectivity index (χ1) is 14.4. The van der Waals surface area contributed by atoms with Gasteiger partial charge < -0.3 is 14.8 Å². The number of fused-ring (bicyclic) bond motifs is 1. The fourth-order valence-corrected chi connectivity index (χ4v) is 4.14. The Bertz CT molecular complexity index is 1180.